The molecule has 1 amide bonds. The van der Waals surface area contributed by atoms with Gasteiger partial charge in [-0.3, -0.25) is 4.79 Å². The molecule has 6 heteroatoms. The highest BCUT2D eigenvalue weighted by Crippen LogP contribution is 2.36. The molecule has 0 spiro atoms. The van der Waals surface area contributed by atoms with Gasteiger partial charge in [-0.15, -0.1) is 12.4 Å². The van der Waals surface area contributed by atoms with Gasteiger partial charge in [0.1, 0.15) is 0 Å². The number of hydrogen-bond donors (Lipinski definition) is 2. The van der Waals surface area contributed by atoms with Crippen molar-refractivity contribution in [2.24, 2.45) is 5.73 Å². The molecule has 1 aromatic carbocycles. The normalized spacial score (nSPS) is 21.0. The first-order chi connectivity index (χ1) is 10.9. The quantitative estimate of drug-likeness (QED) is 0.750. The van der Waals surface area contributed by atoms with E-state index in [1.54, 1.807) is 6.07 Å². The third-order valence-corrected chi connectivity index (χ3v) is 5.96. The summed E-state index contributed by atoms with van der Waals surface area (Å²) < 4.78 is 0. The van der Waals surface area contributed by atoms with Crippen LogP contribution in [0, 0.1) is 0 Å². The van der Waals surface area contributed by atoms with Gasteiger partial charge in [-0.05, 0) is 56.2 Å². The number of rotatable bonds is 5. The minimum Gasteiger partial charge on any atom is -0.353 e. The Balaban J connectivity index is 0.00000288. The largest absolute Gasteiger partial charge is 0.353 e. The van der Waals surface area contributed by atoms with Crippen molar-refractivity contribution >= 4 is 41.5 Å². The first kappa shape index (κ1) is 21.6. The Morgan fingerprint density at radius 1 is 1.17 bits per heavy atom. The zero-order valence-electron chi connectivity index (χ0n) is 14.3. The maximum absolute atomic E-state index is 13.1. The Morgan fingerprint density at radius 2 is 1.75 bits per heavy atom. The Morgan fingerprint density at radius 3 is 2.25 bits per heavy atom. The fourth-order valence-corrected chi connectivity index (χ4v) is 3.79. The average Bonchev–Trinajstić information content (AvgIpc) is 2.54. The van der Waals surface area contributed by atoms with Crippen molar-refractivity contribution in [1.29, 1.82) is 0 Å². The Kier molecular flexibility index (Phi) is 8.34. The Labute approximate surface area is 161 Å². The van der Waals surface area contributed by atoms with Crippen LogP contribution in [0.5, 0.6) is 0 Å². The number of carbonyl (C=O) groups excluding carboxylic acids is 1. The minimum atomic E-state index is -0.562. The van der Waals surface area contributed by atoms with E-state index in [-0.39, 0.29) is 30.4 Å². The lowest BCUT2D eigenvalue weighted by Gasteiger charge is -2.35. The van der Waals surface area contributed by atoms with Crippen LogP contribution in [0.25, 0.3) is 0 Å². The van der Waals surface area contributed by atoms with Crippen molar-refractivity contribution in [3.8, 4) is 0 Å². The monoisotopic (exact) mass is 392 g/mol. The molecule has 0 atom stereocenters. The van der Waals surface area contributed by atoms with Crippen LogP contribution in [-0.2, 0) is 10.2 Å². The number of hydrogen-bond acceptors (Lipinski definition) is 2. The molecule has 0 saturated heterocycles. The molecule has 24 heavy (non-hydrogen) atoms. The van der Waals surface area contributed by atoms with Gasteiger partial charge in [-0.25, -0.2) is 0 Å². The zero-order valence-corrected chi connectivity index (χ0v) is 16.6. The predicted molar refractivity (Wildman–Crippen MR) is 104 cm³/mol. The molecular formula is C18H27Cl3N2O. The van der Waals surface area contributed by atoms with Crippen molar-refractivity contribution in [3.63, 3.8) is 0 Å². The highest BCUT2D eigenvalue weighted by molar-refractivity contribution is 6.42. The second-order valence-electron chi connectivity index (χ2n) is 6.50. The van der Waals surface area contributed by atoms with Crippen molar-refractivity contribution in [2.45, 2.75) is 69.9 Å². The molecule has 1 aliphatic rings. The van der Waals surface area contributed by atoms with Crippen LogP contribution in [0.1, 0.15) is 57.9 Å². The average molecular weight is 394 g/mol. The zero-order chi connectivity index (χ0) is 17.0. The number of carbonyl (C=O) groups is 1. The van der Waals surface area contributed by atoms with E-state index in [1.165, 1.54) is 0 Å². The van der Waals surface area contributed by atoms with Crippen LogP contribution >= 0.6 is 35.6 Å². The maximum atomic E-state index is 13.1. The number of benzene rings is 1. The summed E-state index contributed by atoms with van der Waals surface area (Å²) >= 11 is 12.2. The van der Waals surface area contributed by atoms with Gasteiger partial charge in [0.2, 0.25) is 5.91 Å². The molecule has 1 fully saturated rings. The highest BCUT2D eigenvalue weighted by atomic mass is 35.5. The number of nitrogens with one attached hydrogen (secondary N) is 1. The lowest BCUT2D eigenvalue weighted by Crippen LogP contribution is -2.49. The second kappa shape index (κ2) is 9.28. The van der Waals surface area contributed by atoms with Crippen LogP contribution in [0.15, 0.2) is 18.2 Å². The molecule has 3 N–H and O–H groups in total. The van der Waals surface area contributed by atoms with Gasteiger partial charge in [0.15, 0.2) is 0 Å². The van der Waals surface area contributed by atoms with E-state index in [9.17, 15) is 4.79 Å². The molecule has 1 aliphatic carbocycles. The van der Waals surface area contributed by atoms with Gasteiger partial charge >= 0.3 is 0 Å². The molecule has 0 heterocycles. The Hall–Kier alpha value is -0.480. The van der Waals surface area contributed by atoms with Crippen molar-refractivity contribution < 1.29 is 4.79 Å². The van der Waals surface area contributed by atoms with E-state index in [4.69, 9.17) is 28.9 Å². The molecule has 0 radical (unpaired) electrons. The third-order valence-electron chi connectivity index (χ3n) is 5.22. The summed E-state index contributed by atoms with van der Waals surface area (Å²) in [4.78, 5) is 13.1. The summed E-state index contributed by atoms with van der Waals surface area (Å²) in [5.74, 6) is 0.0846. The van der Waals surface area contributed by atoms with Crippen LogP contribution in [0.4, 0.5) is 0 Å². The number of nitrogens with two attached hydrogens (primary N) is 1. The molecule has 1 aromatic rings. The molecule has 1 saturated carbocycles. The van der Waals surface area contributed by atoms with E-state index in [2.05, 4.69) is 5.32 Å². The summed E-state index contributed by atoms with van der Waals surface area (Å²) in [6.45, 7) is 4.09. The van der Waals surface area contributed by atoms with Gasteiger partial charge in [0, 0.05) is 12.1 Å². The van der Waals surface area contributed by atoms with Gasteiger partial charge in [-0.1, -0.05) is 43.1 Å². The van der Waals surface area contributed by atoms with E-state index in [1.807, 2.05) is 26.0 Å². The second-order valence-corrected chi connectivity index (χ2v) is 7.32. The lowest BCUT2D eigenvalue weighted by atomic mass is 9.74. The molecule has 0 aliphatic heterocycles. The van der Waals surface area contributed by atoms with Gasteiger partial charge in [0.25, 0.3) is 0 Å². The lowest BCUT2D eigenvalue weighted by molar-refractivity contribution is -0.128. The molecule has 0 unspecified atom stereocenters. The van der Waals surface area contributed by atoms with Crippen molar-refractivity contribution in [1.82, 2.24) is 5.32 Å². The predicted octanol–water partition coefficient (Wildman–Crippen LogP) is 4.86. The fraction of sp³-hybridized carbons (Fsp3) is 0.611. The smallest absolute Gasteiger partial charge is 0.230 e. The topological polar surface area (TPSA) is 55.1 Å². The maximum Gasteiger partial charge on any atom is 0.230 e. The minimum absolute atomic E-state index is 0. The number of halogens is 3. The first-order valence-electron chi connectivity index (χ1n) is 8.45. The van der Waals surface area contributed by atoms with Crippen molar-refractivity contribution in [2.75, 3.05) is 0 Å². The molecule has 0 aromatic heterocycles. The highest BCUT2D eigenvalue weighted by Gasteiger charge is 2.38. The van der Waals surface area contributed by atoms with Crippen LogP contribution in [0.2, 0.25) is 10.0 Å². The molecular weight excluding hydrogens is 367 g/mol. The summed E-state index contributed by atoms with van der Waals surface area (Å²) in [5.41, 5.74) is 6.32. The number of amides is 1. The summed E-state index contributed by atoms with van der Waals surface area (Å²) in [7, 11) is 0. The summed E-state index contributed by atoms with van der Waals surface area (Å²) in [6, 6.07) is 6.01. The van der Waals surface area contributed by atoms with E-state index >= 15 is 0 Å². The van der Waals surface area contributed by atoms with Crippen LogP contribution < -0.4 is 11.1 Å². The third kappa shape index (κ3) is 4.57. The molecule has 3 nitrogen and oxygen atoms in total. The fourth-order valence-electron chi connectivity index (χ4n) is 3.49. The first-order valence-corrected chi connectivity index (χ1v) is 9.20. The van der Waals surface area contributed by atoms with E-state index in [0.29, 0.717) is 10.0 Å². The Bertz CT molecular complexity index is 553. The van der Waals surface area contributed by atoms with Gasteiger partial charge in [-0.2, -0.15) is 0 Å². The summed E-state index contributed by atoms with van der Waals surface area (Å²) in [5, 5.41) is 4.25. The van der Waals surface area contributed by atoms with Crippen molar-refractivity contribution in [3.05, 3.63) is 33.8 Å². The molecule has 2 rings (SSSR count). The van der Waals surface area contributed by atoms with Gasteiger partial charge in [0.05, 0.1) is 15.5 Å². The van der Waals surface area contributed by atoms with E-state index < -0.39 is 5.41 Å². The summed E-state index contributed by atoms with van der Waals surface area (Å²) in [6.07, 6.45) is 5.31. The van der Waals surface area contributed by atoms with Gasteiger partial charge < -0.3 is 11.1 Å². The SMILES string of the molecule is CCC(CC)(C(=O)NC1CCC(N)CC1)c1ccc(Cl)c(Cl)c1.Cl. The van der Waals surface area contributed by atoms with Crippen LogP contribution in [-0.4, -0.2) is 18.0 Å². The molecule has 136 valence electrons. The standard InChI is InChI=1S/C18H26Cl2N2O.ClH/c1-3-18(4-2,12-5-10-15(19)16(20)11-12)17(23)22-14-8-6-13(21)7-9-14;/h5,10-11,13-14H,3-4,6-9,21H2,1-2H3,(H,22,23);1H. The van der Waals surface area contributed by atoms with Crippen LogP contribution in [0.3, 0.4) is 0 Å². The molecule has 0 bridgehead atoms. The van der Waals surface area contributed by atoms with E-state index in [0.717, 1.165) is 44.1 Å².